The molecule has 3 nitrogen and oxygen atoms in total. The first-order valence-corrected chi connectivity index (χ1v) is 5.67. The second-order valence-corrected chi connectivity index (χ2v) is 4.58. The fourth-order valence-electron chi connectivity index (χ4n) is 2.18. The van der Waals surface area contributed by atoms with Gasteiger partial charge in [-0.25, -0.2) is 0 Å². The van der Waals surface area contributed by atoms with Crippen LogP contribution < -0.4 is 0 Å². The van der Waals surface area contributed by atoms with Crippen molar-refractivity contribution in [2.75, 3.05) is 13.2 Å². The first-order valence-electron chi connectivity index (χ1n) is 5.67. The summed E-state index contributed by atoms with van der Waals surface area (Å²) in [5, 5.41) is 9.50. The fraction of sp³-hybridized carbons (Fsp3) is 1.00. The van der Waals surface area contributed by atoms with Crippen LogP contribution in [0.15, 0.2) is 0 Å². The van der Waals surface area contributed by atoms with E-state index in [9.17, 15) is 5.11 Å². The largest absolute Gasteiger partial charge is 0.393 e. The molecule has 3 unspecified atom stereocenters. The SMILES string of the molecule is CC(O)C1CCCC(OC[C@H]2CO2)C1. The molecule has 1 heterocycles. The molecule has 82 valence electrons. The van der Waals surface area contributed by atoms with E-state index in [1.807, 2.05) is 6.92 Å². The Morgan fingerprint density at radius 1 is 1.50 bits per heavy atom. The molecule has 0 radical (unpaired) electrons. The van der Waals surface area contributed by atoms with E-state index in [0.29, 0.717) is 18.1 Å². The van der Waals surface area contributed by atoms with Crippen molar-refractivity contribution in [1.29, 1.82) is 0 Å². The summed E-state index contributed by atoms with van der Waals surface area (Å²) in [4.78, 5) is 0. The molecule has 3 heteroatoms. The van der Waals surface area contributed by atoms with Crippen molar-refractivity contribution in [3.63, 3.8) is 0 Å². The molecular weight excluding hydrogens is 180 g/mol. The summed E-state index contributed by atoms with van der Waals surface area (Å²) in [6.45, 7) is 3.50. The van der Waals surface area contributed by atoms with E-state index in [2.05, 4.69) is 0 Å². The average molecular weight is 200 g/mol. The molecule has 0 bridgehead atoms. The predicted molar refractivity (Wildman–Crippen MR) is 53.1 cm³/mol. The van der Waals surface area contributed by atoms with Crippen LogP contribution in [0.3, 0.4) is 0 Å². The Morgan fingerprint density at radius 3 is 2.93 bits per heavy atom. The van der Waals surface area contributed by atoms with E-state index in [4.69, 9.17) is 9.47 Å². The Labute approximate surface area is 85.4 Å². The van der Waals surface area contributed by atoms with Gasteiger partial charge in [0.05, 0.1) is 25.4 Å². The van der Waals surface area contributed by atoms with E-state index in [-0.39, 0.29) is 6.10 Å². The van der Waals surface area contributed by atoms with Crippen LogP contribution in [0.2, 0.25) is 0 Å². The topological polar surface area (TPSA) is 42.0 Å². The summed E-state index contributed by atoms with van der Waals surface area (Å²) < 4.78 is 10.9. The smallest absolute Gasteiger partial charge is 0.104 e. The molecule has 0 amide bonds. The third-order valence-corrected chi connectivity index (χ3v) is 3.27. The Bertz CT molecular complexity index is 177. The van der Waals surface area contributed by atoms with Crippen molar-refractivity contribution in [2.24, 2.45) is 5.92 Å². The lowest BCUT2D eigenvalue weighted by Crippen LogP contribution is -2.29. The Balaban J connectivity index is 1.69. The molecule has 2 aliphatic rings. The Morgan fingerprint density at radius 2 is 2.29 bits per heavy atom. The van der Waals surface area contributed by atoms with Crippen molar-refractivity contribution < 1.29 is 14.6 Å². The van der Waals surface area contributed by atoms with Gasteiger partial charge in [0.15, 0.2) is 0 Å². The van der Waals surface area contributed by atoms with Gasteiger partial charge in [-0.2, -0.15) is 0 Å². The van der Waals surface area contributed by atoms with Gasteiger partial charge in [0, 0.05) is 0 Å². The molecule has 14 heavy (non-hydrogen) atoms. The summed E-state index contributed by atoms with van der Waals surface area (Å²) in [5.74, 6) is 0.439. The summed E-state index contributed by atoms with van der Waals surface area (Å²) in [7, 11) is 0. The maximum absolute atomic E-state index is 9.50. The standard InChI is InChI=1S/C11H20O3/c1-8(12)9-3-2-4-10(5-9)13-6-11-7-14-11/h8-12H,2-7H2,1H3/t8?,9?,10?,11-/m0/s1. The lowest BCUT2D eigenvalue weighted by Gasteiger charge is -2.30. The quantitative estimate of drug-likeness (QED) is 0.696. The molecular formula is C11H20O3. The van der Waals surface area contributed by atoms with Crippen LogP contribution in [0.5, 0.6) is 0 Å². The van der Waals surface area contributed by atoms with Crippen LogP contribution >= 0.6 is 0 Å². The number of ether oxygens (including phenoxy) is 2. The molecule has 0 aromatic carbocycles. The molecule has 0 aromatic rings. The van der Waals surface area contributed by atoms with Gasteiger partial charge in [0.1, 0.15) is 6.10 Å². The van der Waals surface area contributed by atoms with E-state index in [1.54, 1.807) is 0 Å². The lowest BCUT2D eigenvalue weighted by molar-refractivity contribution is -0.0172. The summed E-state index contributed by atoms with van der Waals surface area (Å²) in [6, 6.07) is 0. The van der Waals surface area contributed by atoms with Gasteiger partial charge in [0.25, 0.3) is 0 Å². The monoisotopic (exact) mass is 200 g/mol. The molecule has 1 saturated heterocycles. The molecule has 1 N–H and O–H groups in total. The number of epoxide rings is 1. The van der Waals surface area contributed by atoms with Gasteiger partial charge in [-0.1, -0.05) is 6.42 Å². The minimum atomic E-state index is -0.182. The highest BCUT2D eigenvalue weighted by Gasteiger charge is 2.28. The van der Waals surface area contributed by atoms with Crippen LogP contribution in [-0.4, -0.2) is 36.6 Å². The minimum Gasteiger partial charge on any atom is -0.393 e. The lowest BCUT2D eigenvalue weighted by atomic mass is 9.84. The minimum absolute atomic E-state index is 0.182. The molecule has 2 fully saturated rings. The van der Waals surface area contributed by atoms with E-state index < -0.39 is 0 Å². The molecule has 0 aromatic heterocycles. The number of aliphatic hydroxyl groups is 1. The van der Waals surface area contributed by atoms with Crippen LogP contribution in [0, 0.1) is 5.92 Å². The van der Waals surface area contributed by atoms with Gasteiger partial charge >= 0.3 is 0 Å². The molecule has 0 spiro atoms. The number of rotatable bonds is 4. The van der Waals surface area contributed by atoms with E-state index in [1.165, 1.54) is 6.42 Å². The van der Waals surface area contributed by atoms with Gasteiger partial charge in [-0.3, -0.25) is 0 Å². The van der Waals surface area contributed by atoms with Gasteiger partial charge < -0.3 is 14.6 Å². The van der Waals surface area contributed by atoms with Crippen molar-refractivity contribution >= 4 is 0 Å². The zero-order valence-electron chi connectivity index (χ0n) is 8.82. The summed E-state index contributed by atoms with van der Waals surface area (Å²) >= 11 is 0. The van der Waals surface area contributed by atoms with Crippen LogP contribution in [0.1, 0.15) is 32.6 Å². The van der Waals surface area contributed by atoms with Gasteiger partial charge in [-0.05, 0) is 32.1 Å². The summed E-state index contributed by atoms with van der Waals surface area (Å²) in [6.07, 6.45) is 5.04. The van der Waals surface area contributed by atoms with Crippen molar-refractivity contribution in [2.45, 2.75) is 50.9 Å². The molecule has 2 rings (SSSR count). The van der Waals surface area contributed by atoms with Crippen LogP contribution in [0.25, 0.3) is 0 Å². The van der Waals surface area contributed by atoms with Crippen molar-refractivity contribution in [1.82, 2.24) is 0 Å². The van der Waals surface area contributed by atoms with Crippen LogP contribution in [0.4, 0.5) is 0 Å². The van der Waals surface area contributed by atoms with Gasteiger partial charge in [-0.15, -0.1) is 0 Å². The second-order valence-electron chi connectivity index (χ2n) is 4.58. The zero-order chi connectivity index (χ0) is 9.97. The molecule has 1 aliphatic carbocycles. The molecule has 1 aliphatic heterocycles. The number of aliphatic hydroxyl groups excluding tert-OH is 1. The first-order chi connectivity index (χ1) is 6.75. The average Bonchev–Trinajstić information content (AvgIpc) is 2.99. The predicted octanol–water partition coefficient (Wildman–Crippen LogP) is 1.34. The maximum atomic E-state index is 9.50. The maximum Gasteiger partial charge on any atom is 0.104 e. The zero-order valence-corrected chi connectivity index (χ0v) is 8.82. The normalized spacial score (nSPS) is 39.4. The Hall–Kier alpha value is -0.120. The molecule has 4 atom stereocenters. The van der Waals surface area contributed by atoms with Crippen molar-refractivity contribution in [3.8, 4) is 0 Å². The first kappa shape index (κ1) is 10.4. The van der Waals surface area contributed by atoms with E-state index in [0.717, 1.165) is 32.5 Å². The van der Waals surface area contributed by atoms with Gasteiger partial charge in [0.2, 0.25) is 0 Å². The van der Waals surface area contributed by atoms with Crippen molar-refractivity contribution in [3.05, 3.63) is 0 Å². The third-order valence-electron chi connectivity index (χ3n) is 3.27. The second kappa shape index (κ2) is 4.60. The highest BCUT2D eigenvalue weighted by Crippen LogP contribution is 2.29. The Kier molecular flexibility index (Phi) is 3.42. The summed E-state index contributed by atoms with van der Waals surface area (Å²) in [5.41, 5.74) is 0. The van der Waals surface area contributed by atoms with Crippen LogP contribution in [-0.2, 0) is 9.47 Å². The molecule has 1 saturated carbocycles. The number of hydrogen-bond acceptors (Lipinski definition) is 3. The highest BCUT2D eigenvalue weighted by molar-refractivity contribution is 4.78. The highest BCUT2D eigenvalue weighted by atomic mass is 16.6. The third kappa shape index (κ3) is 2.94. The fourth-order valence-corrected chi connectivity index (χ4v) is 2.18. The van der Waals surface area contributed by atoms with E-state index >= 15 is 0 Å². The number of hydrogen-bond donors (Lipinski definition) is 1.